The van der Waals surface area contributed by atoms with E-state index in [1.807, 2.05) is 38.2 Å². The Morgan fingerprint density at radius 3 is 2.37 bits per heavy atom. The number of nitrogens with zero attached hydrogens (tertiary/aromatic N) is 1. The Balaban J connectivity index is 3.02. The molecule has 0 saturated heterocycles. The van der Waals surface area contributed by atoms with Gasteiger partial charge in [0.2, 0.25) is 5.91 Å². The van der Waals surface area contributed by atoms with Crippen LogP contribution in [-0.2, 0) is 11.3 Å². The summed E-state index contributed by atoms with van der Waals surface area (Å²) in [6.45, 7) is 5.95. The van der Waals surface area contributed by atoms with Gasteiger partial charge in [0.25, 0.3) is 0 Å². The van der Waals surface area contributed by atoms with Gasteiger partial charge in [0, 0.05) is 24.8 Å². The van der Waals surface area contributed by atoms with E-state index in [9.17, 15) is 4.79 Å². The topological polar surface area (TPSA) is 38.8 Å². The van der Waals surface area contributed by atoms with E-state index in [2.05, 4.69) is 0 Å². The van der Waals surface area contributed by atoms with Crippen LogP contribution < -0.4 is 9.47 Å². The van der Waals surface area contributed by atoms with E-state index in [0.717, 1.165) is 16.9 Å². The summed E-state index contributed by atoms with van der Waals surface area (Å²) in [5, 5.41) is 0. The highest BCUT2D eigenvalue weighted by molar-refractivity contribution is 5.74. The number of benzene rings is 1. The fraction of sp³-hybridized carbons (Fsp3) is 0.400. The number of allylic oxidation sites excluding steroid dienone is 1. The first-order valence-electron chi connectivity index (χ1n) is 6.11. The van der Waals surface area contributed by atoms with Gasteiger partial charge in [0.15, 0.2) is 0 Å². The summed E-state index contributed by atoms with van der Waals surface area (Å²) in [5.41, 5.74) is 2.01. The zero-order valence-corrected chi connectivity index (χ0v) is 12.2. The van der Waals surface area contributed by atoms with Crippen LogP contribution in [0.1, 0.15) is 26.3 Å². The van der Waals surface area contributed by atoms with E-state index in [4.69, 9.17) is 9.47 Å². The van der Waals surface area contributed by atoms with Crippen molar-refractivity contribution in [2.75, 3.05) is 14.2 Å². The van der Waals surface area contributed by atoms with Gasteiger partial charge in [-0.15, -0.1) is 0 Å². The first kappa shape index (κ1) is 15.1. The molecule has 0 aliphatic rings. The first-order valence-corrected chi connectivity index (χ1v) is 6.11. The van der Waals surface area contributed by atoms with Crippen LogP contribution in [0.2, 0.25) is 0 Å². The molecule has 0 atom stereocenters. The Morgan fingerprint density at radius 2 is 1.89 bits per heavy atom. The average molecular weight is 263 g/mol. The fourth-order valence-corrected chi connectivity index (χ4v) is 1.73. The van der Waals surface area contributed by atoms with Gasteiger partial charge in [-0.3, -0.25) is 4.79 Å². The molecule has 0 bridgehead atoms. The minimum atomic E-state index is -0.000860. The smallest absolute Gasteiger partial charge is 0.223 e. The number of hydrogen-bond acceptors (Lipinski definition) is 3. The molecule has 4 nitrogen and oxygen atoms in total. The monoisotopic (exact) mass is 263 g/mol. The molecule has 0 heterocycles. The van der Waals surface area contributed by atoms with Gasteiger partial charge >= 0.3 is 0 Å². The number of hydrogen-bond donors (Lipinski definition) is 0. The molecule has 0 aliphatic carbocycles. The van der Waals surface area contributed by atoms with E-state index in [1.54, 1.807) is 26.0 Å². The number of carbonyl (C=O) groups is 1. The molecule has 1 rings (SSSR count). The summed E-state index contributed by atoms with van der Waals surface area (Å²) in [6.07, 6.45) is 1.84. The summed E-state index contributed by atoms with van der Waals surface area (Å²) >= 11 is 0. The van der Waals surface area contributed by atoms with E-state index in [0.29, 0.717) is 12.3 Å². The largest absolute Gasteiger partial charge is 0.497 e. The Bertz CT molecular complexity index is 476. The van der Waals surface area contributed by atoms with Crippen molar-refractivity contribution in [1.29, 1.82) is 0 Å². The molecule has 1 aromatic rings. The zero-order chi connectivity index (χ0) is 14.4. The third-order valence-corrected chi connectivity index (χ3v) is 2.65. The third kappa shape index (κ3) is 4.32. The molecule has 0 unspecified atom stereocenters. The summed E-state index contributed by atoms with van der Waals surface area (Å²) in [4.78, 5) is 13.3. The molecule has 0 aliphatic heterocycles. The van der Waals surface area contributed by atoms with Gasteiger partial charge in [-0.1, -0.05) is 5.57 Å². The second-order valence-electron chi connectivity index (χ2n) is 4.53. The van der Waals surface area contributed by atoms with Crippen LogP contribution >= 0.6 is 0 Å². The predicted octanol–water partition coefficient (Wildman–Crippen LogP) is 2.98. The van der Waals surface area contributed by atoms with Crippen LogP contribution in [0.25, 0.3) is 0 Å². The molecule has 0 aromatic heterocycles. The lowest BCUT2D eigenvalue weighted by Crippen LogP contribution is -2.22. The number of ether oxygens (including phenoxy) is 2. The van der Waals surface area contributed by atoms with Crippen molar-refractivity contribution in [3.05, 3.63) is 35.5 Å². The lowest BCUT2D eigenvalue weighted by molar-refractivity contribution is -0.126. The van der Waals surface area contributed by atoms with Crippen LogP contribution in [0.5, 0.6) is 11.5 Å². The zero-order valence-electron chi connectivity index (χ0n) is 12.2. The van der Waals surface area contributed by atoms with Gasteiger partial charge < -0.3 is 14.4 Å². The molecular weight excluding hydrogens is 242 g/mol. The Kier molecular flexibility index (Phi) is 5.42. The van der Waals surface area contributed by atoms with Gasteiger partial charge in [-0.25, -0.2) is 0 Å². The van der Waals surface area contributed by atoms with Gasteiger partial charge in [-0.2, -0.15) is 0 Å². The Morgan fingerprint density at radius 1 is 1.21 bits per heavy atom. The molecular formula is C15H21NO3. The van der Waals surface area contributed by atoms with Crippen molar-refractivity contribution >= 4 is 5.91 Å². The van der Waals surface area contributed by atoms with E-state index in [-0.39, 0.29) is 5.91 Å². The molecule has 1 amide bonds. The predicted molar refractivity (Wildman–Crippen MR) is 75.2 cm³/mol. The number of rotatable bonds is 5. The third-order valence-electron chi connectivity index (χ3n) is 2.65. The minimum absolute atomic E-state index is 0.000860. The summed E-state index contributed by atoms with van der Waals surface area (Å²) in [6, 6.07) is 5.58. The normalized spacial score (nSPS) is 9.74. The molecule has 0 saturated carbocycles. The van der Waals surface area contributed by atoms with Gasteiger partial charge in [0.1, 0.15) is 11.5 Å². The fourth-order valence-electron chi connectivity index (χ4n) is 1.73. The van der Waals surface area contributed by atoms with Crippen molar-refractivity contribution in [3.63, 3.8) is 0 Å². The summed E-state index contributed by atoms with van der Waals surface area (Å²) in [5.74, 6) is 1.45. The van der Waals surface area contributed by atoms with Crippen LogP contribution in [0.4, 0.5) is 0 Å². The Labute approximate surface area is 114 Å². The van der Waals surface area contributed by atoms with Crippen molar-refractivity contribution in [1.82, 2.24) is 4.90 Å². The second-order valence-corrected chi connectivity index (χ2v) is 4.53. The van der Waals surface area contributed by atoms with E-state index in [1.165, 1.54) is 0 Å². The van der Waals surface area contributed by atoms with Crippen molar-refractivity contribution in [2.45, 2.75) is 27.3 Å². The maximum atomic E-state index is 11.6. The molecule has 1 aromatic carbocycles. The maximum Gasteiger partial charge on any atom is 0.223 e. The minimum Gasteiger partial charge on any atom is -0.497 e. The molecule has 0 spiro atoms. The van der Waals surface area contributed by atoms with Crippen LogP contribution in [0.3, 0.4) is 0 Å². The average Bonchev–Trinajstić information content (AvgIpc) is 2.37. The first-order chi connectivity index (χ1) is 8.97. The summed E-state index contributed by atoms with van der Waals surface area (Å²) in [7, 11) is 3.22. The molecule has 4 heteroatoms. The number of amides is 1. The molecule has 0 N–H and O–H groups in total. The van der Waals surface area contributed by atoms with Gasteiger partial charge in [-0.05, 0) is 26.0 Å². The van der Waals surface area contributed by atoms with Crippen molar-refractivity contribution < 1.29 is 14.3 Å². The number of methoxy groups -OCH3 is 2. The van der Waals surface area contributed by atoms with Crippen LogP contribution in [0, 0.1) is 0 Å². The standard InChI is InChI=1S/C15H21NO3/c1-11(2)9-16(12(3)17)10-13-6-7-14(18-4)8-15(13)19-5/h6-9H,10H2,1-5H3. The van der Waals surface area contributed by atoms with Gasteiger partial charge in [0.05, 0.1) is 20.8 Å². The second kappa shape index (κ2) is 6.83. The maximum absolute atomic E-state index is 11.6. The highest BCUT2D eigenvalue weighted by Gasteiger charge is 2.11. The van der Waals surface area contributed by atoms with Crippen LogP contribution in [-0.4, -0.2) is 25.0 Å². The summed E-state index contributed by atoms with van der Waals surface area (Å²) < 4.78 is 10.5. The molecule has 0 fully saturated rings. The SMILES string of the molecule is COc1ccc(CN(C=C(C)C)C(C)=O)c(OC)c1. The van der Waals surface area contributed by atoms with Crippen molar-refractivity contribution in [3.8, 4) is 11.5 Å². The Hall–Kier alpha value is -1.97. The highest BCUT2D eigenvalue weighted by Crippen LogP contribution is 2.26. The van der Waals surface area contributed by atoms with Crippen molar-refractivity contribution in [2.24, 2.45) is 0 Å². The van der Waals surface area contributed by atoms with Crippen LogP contribution in [0.15, 0.2) is 30.0 Å². The lowest BCUT2D eigenvalue weighted by Gasteiger charge is -2.19. The molecule has 0 radical (unpaired) electrons. The molecule has 104 valence electrons. The van der Waals surface area contributed by atoms with E-state index < -0.39 is 0 Å². The lowest BCUT2D eigenvalue weighted by atomic mass is 10.1. The highest BCUT2D eigenvalue weighted by atomic mass is 16.5. The van der Waals surface area contributed by atoms with E-state index >= 15 is 0 Å². The number of carbonyl (C=O) groups excluding carboxylic acids is 1. The molecule has 19 heavy (non-hydrogen) atoms. The quantitative estimate of drug-likeness (QED) is 0.819.